The van der Waals surface area contributed by atoms with Gasteiger partial charge in [0.1, 0.15) is 6.04 Å². The number of nitrogens with zero attached hydrogens (tertiary/aromatic N) is 2. The quantitative estimate of drug-likeness (QED) is 0.436. The minimum atomic E-state index is -0.651. The molecule has 16 heavy (non-hydrogen) atoms. The number of imide groups is 1. The number of hydrogen-bond acceptors (Lipinski definition) is 2. The molecule has 1 atom stereocenters. The highest BCUT2D eigenvalue weighted by molar-refractivity contribution is 6.38. The highest BCUT2D eigenvalue weighted by atomic mass is 35.5. The van der Waals surface area contributed by atoms with Crippen LogP contribution in [-0.4, -0.2) is 26.8 Å². The molecule has 0 aliphatic carbocycles. The lowest BCUT2D eigenvalue weighted by Gasteiger charge is -2.12. The van der Waals surface area contributed by atoms with Gasteiger partial charge in [0.2, 0.25) is 0 Å². The van der Waals surface area contributed by atoms with Crippen LogP contribution in [0.5, 0.6) is 0 Å². The van der Waals surface area contributed by atoms with Gasteiger partial charge in [0.25, 0.3) is 5.91 Å². The second-order valence-corrected chi connectivity index (χ2v) is 5.11. The molecule has 0 aromatic rings. The summed E-state index contributed by atoms with van der Waals surface area (Å²) in [6, 6.07) is -1.25. The molecule has 4 nitrogen and oxygen atoms in total. The topological polar surface area (TPSA) is 40.6 Å². The van der Waals surface area contributed by atoms with Crippen molar-refractivity contribution in [3.63, 3.8) is 0 Å². The first-order valence-corrected chi connectivity index (χ1v) is 6.11. The van der Waals surface area contributed by atoms with Crippen LogP contribution in [0.1, 0.15) is 39.5 Å². The molecule has 0 aromatic heterocycles. The normalized spacial score (nSPS) is 21.4. The average Bonchev–Trinajstić information content (AvgIpc) is 2.40. The molecule has 1 aliphatic heterocycles. The van der Waals surface area contributed by atoms with E-state index in [0.717, 1.165) is 23.7 Å². The van der Waals surface area contributed by atoms with Crippen LogP contribution >= 0.6 is 23.6 Å². The number of halogens is 2. The maximum Gasteiger partial charge on any atom is 0.357 e. The Labute approximate surface area is 106 Å². The monoisotopic (exact) mass is 266 g/mol. The molecule has 0 aromatic carbocycles. The molecule has 0 radical (unpaired) electrons. The Bertz CT molecular complexity index is 284. The number of rotatable bonds is 5. The minimum Gasteiger partial charge on any atom is -0.271 e. The third-order valence-corrected chi connectivity index (χ3v) is 3.30. The van der Waals surface area contributed by atoms with Gasteiger partial charge in [-0.15, -0.1) is 0 Å². The molecular weight excluding hydrogens is 251 g/mol. The van der Waals surface area contributed by atoms with Gasteiger partial charge in [-0.2, -0.15) is 4.42 Å². The second kappa shape index (κ2) is 5.73. The predicted octanol–water partition coefficient (Wildman–Crippen LogP) is 3.14. The third-order valence-electron chi connectivity index (χ3n) is 2.61. The van der Waals surface area contributed by atoms with Crippen molar-refractivity contribution in [3.8, 4) is 0 Å². The van der Waals surface area contributed by atoms with E-state index in [-0.39, 0.29) is 0 Å². The molecule has 6 heteroatoms. The zero-order valence-corrected chi connectivity index (χ0v) is 11.0. The number of urea groups is 1. The summed E-state index contributed by atoms with van der Waals surface area (Å²) < 4.78 is 1.45. The van der Waals surface area contributed by atoms with Crippen molar-refractivity contribution >= 4 is 35.5 Å². The Balaban J connectivity index is 2.37. The molecule has 1 unspecified atom stereocenters. The Hall–Kier alpha value is -0.480. The summed E-state index contributed by atoms with van der Waals surface area (Å²) >= 11 is 11.2. The molecule has 1 saturated heterocycles. The fourth-order valence-electron chi connectivity index (χ4n) is 1.67. The van der Waals surface area contributed by atoms with Crippen LogP contribution in [0.4, 0.5) is 4.79 Å². The van der Waals surface area contributed by atoms with Gasteiger partial charge in [-0.25, -0.2) is 9.21 Å². The van der Waals surface area contributed by atoms with Crippen LogP contribution in [0.3, 0.4) is 0 Å². The molecular formula is C10H16Cl2N2O2. The summed E-state index contributed by atoms with van der Waals surface area (Å²) in [4.78, 5) is 22.7. The number of amides is 3. The first kappa shape index (κ1) is 13.6. The molecule has 92 valence electrons. The van der Waals surface area contributed by atoms with Gasteiger partial charge in [0, 0.05) is 23.6 Å². The van der Waals surface area contributed by atoms with E-state index in [1.54, 1.807) is 0 Å². The summed E-state index contributed by atoms with van der Waals surface area (Å²) in [5.41, 5.74) is 0. The molecule has 0 saturated carbocycles. The van der Waals surface area contributed by atoms with Gasteiger partial charge in [-0.3, -0.25) is 4.79 Å². The number of unbranched alkanes of at least 4 members (excludes halogenated alkanes) is 1. The molecule has 0 bridgehead atoms. The summed E-state index contributed by atoms with van der Waals surface area (Å²) in [5.74, 6) is 0.226. The Morgan fingerprint density at radius 1 is 1.25 bits per heavy atom. The molecule has 0 N–H and O–H groups in total. The lowest BCUT2D eigenvalue weighted by Crippen LogP contribution is -2.27. The van der Waals surface area contributed by atoms with Crippen molar-refractivity contribution in [3.05, 3.63) is 0 Å². The van der Waals surface area contributed by atoms with Gasteiger partial charge in [0.05, 0.1) is 0 Å². The highest BCUT2D eigenvalue weighted by Gasteiger charge is 2.43. The largest absolute Gasteiger partial charge is 0.357 e. The van der Waals surface area contributed by atoms with Crippen LogP contribution in [0.15, 0.2) is 0 Å². The Morgan fingerprint density at radius 3 is 2.31 bits per heavy atom. The third kappa shape index (κ3) is 3.01. The van der Waals surface area contributed by atoms with Crippen LogP contribution < -0.4 is 0 Å². The fraction of sp³-hybridized carbons (Fsp3) is 0.800. The van der Waals surface area contributed by atoms with E-state index in [4.69, 9.17) is 23.6 Å². The smallest absolute Gasteiger partial charge is 0.271 e. The van der Waals surface area contributed by atoms with Crippen LogP contribution in [0.25, 0.3) is 0 Å². The molecule has 0 spiro atoms. The van der Waals surface area contributed by atoms with Crippen molar-refractivity contribution in [1.82, 2.24) is 8.84 Å². The predicted molar refractivity (Wildman–Crippen MR) is 62.9 cm³/mol. The number of carbonyl (C=O) groups excluding carboxylic acids is 2. The maximum absolute atomic E-state index is 11.5. The van der Waals surface area contributed by atoms with E-state index in [1.165, 1.54) is 0 Å². The van der Waals surface area contributed by atoms with Crippen LogP contribution in [0.2, 0.25) is 0 Å². The van der Waals surface area contributed by atoms with E-state index in [2.05, 4.69) is 13.8 Å². The van der Waals surface area contributed by atoms with E-state index >= 15 is 0 Å². The standard InChI is InChI=1S/C10H16Cl2N2O2/c1-7(2)5-3-4-6-8-9(15)14(12)10(16)13(8)11/h7-8H,3-6H2,1-2H3. The van der Waals surface area contributed by atoms with Crippen molar-refractivity contribution in [1.29, 1.82) is 0 Å². The van der Waals surface area contributed by atoms with E-state index in [1.807, 2.05) is 0 Å². The second-order valence-electron chi connectivity index (χ2n) is 4.41. The first-order chi connectivity index (χ1) is 7.45. The summed E-state index contributed by atoms with van der Waals surface area (Å²) in [6.45, 7) is 4.30. The van der Waals surface area contributed by atoms with Crippen molar-refractivity contribution < 1.29 is 9.59 Å². The van der Waals surface area contributed by atoms with Gasteiger partial charge in [-0.1, -0.05) is 33.1 Å². The molecule has 1 rings (SSSR count). The van der Waals surface area contributed by atoms with E-state index < -0.39 is 18.0 Å². The zero-order chi connectivity index (χ0) is 12.3. The molecule has 3 amide bonds. The van der Waals surface area contributed by atoms with Crippen molar-refractivity contribution in [2.75, 3.05) is 0 Å². The number of hydrogen-bond donors (Lipinski definition) is 0. The lowest BCUT2D eigenvalue weighted by atomic mass is 10.0. The summed E-state index contributed by atoms with van der Waals surface area (Å²) in [7, 11) is 0. The molecule has 1 aliphatic rings. The molecule has 1 fully saturated rings. The maximum atomic E-state index is 11.5. The van der Waals surface area contributed by atoms with Gasteiger partial charge in [0.15, 0.2) is 0 Å². The average molecular weight is 267 g/mol. The number of carbonyl (C=O) groups is 2. The highest BCUT2D eigenvalue weighted by Crippen LogP contribution is 2.25. The first-order valence-electron chi connectivity index (χ1n) is 5.44. The van der Waals surface area contributed by atoms with Gasteiger partial charge >= 0.3 is 6.03 Å². The van der Waals surface area contributed by atoms with Gasteiger partial charge in [-0.05, 0) is 12.3 Å². The lowest BCUT2D eigenvalue weighted by molar-refractivity contribution is -0.124. The zero-order valence-electron chi connectivity index (χ0n) is 9.45. The Kier molecular flexibility index (Phi) is 4.87. The van der Waals surface area contributed by atoms with E-state index in [9.17, 15) is 9.59 Å². The summed E-state index contributed by atoms with van der Waals surface area (Å²) in [6.07, 6.45) is 3.59. The summed E-state index contributed by atoms with van der Waals surface area (Å²) in [5, 5.41) is 0. The van der Waals surface area contributed by atoms with Crippen molar-refractivity contribution in [2.24, 2.45) is 5.92 Å². The Morgan fingerprint density at radius 2 is 1.88 bits per heavy atom. The SMILES string of the molecule is CC(C)CCCCC1C(=O)N(Cl)C(=O)N1Cl. The minimum absolute atomic E-state index is 0.425. The molecule has 1 heterocycles. The van der Waals surface area contributed by atoms with E-state index in [0.29, 0.717) is 16.8 Å². The van der Waals surface area contributed by atoms with Crippen LogP contribution in [-0.2, 0) is 4.79 Å². The fourth-order valence-corrected chi connectivity index (χ4v) is 2.16. The van der Waals surface area contributed by atoms with Gasteiger partial charge < -0.3 is 0 Å². The van der Waals surface area contributed by atoms with Crippen molar-refractivity contribution in [2.45, 2.75) is 45.6 Å². The van der Waals surface area contributed by atoms with Crippen LogP contribution in [0, 0.1) is 5.92 Å².